The summed E-state index contributed by atoms with van der Waals surface area (Å²) in [6.45, 7) is 1.96. The predicted octanol–water partition coefficient (Wildman–Crippen LogP) is 2.58. The number of methoxy groups -OCH3 is 2. The summed E-state index contributed by atoms with van der Waals surface area (Å²) in [6, 6.07) is 7.32. The number of benzene rings is 1. The molecule has 2 heterocycles. The van der Waals surface area contributed by atoms with Gasteiger partial charge in [0.05, 0.1) is 32.4 Å². The van der Waals surface area contributed by atoms with Crippen LogP contribution in [0, 0.1) is 0 Å². The summed E-state index contributed by atoms with van der Waals surface area (Å²) in [5, 5.41) is 9.45. The first kappa shape index (κ1) is 16.9. The maximum atomic E-state index is 9.45. The molecule has 130 valence electrons. The van der Waals surface area contributed by atoms with E-state index in [2.05, 4.69) is 15.0 Å². The maximum Gasteiger partial charge on any atom is 0.216 e. The van der Waals surface area contributed by atoms with E-state index in [-0.39, 0.29) is 12.6 Å². The zero-order chi connectivity index (χ0) is 17.8. The van der Waals surface area contributed by atoms with Gasteiger partial charge in [0.25, 0.3) is 0 Å². The molecule has 7 heteroatoms. The summed E-state index contributed by atoms with van der Waals surface area (Å²) in [7, 11) is 3.17. The average molecular weight is 340 g/mol. The molecule has 0 amide bonds. The van der Waals surface area contributed by atoms with E-state index >= 15 is 0 Å². The van der Waals surface area contributed by atoms with Gasteiger partial charge in [0.2, 0.25) is 5.88 Å². The van der Waals surface area contributed by atoms with Gasteiger partial charge in [-0.05, 0) is 25.1 Å². The van der Waals surface area contributed by atoms with Crippen molar-refractivity contribution in [1.29, 1.82) is 0 Å². The standard InChI is InChI=1S/C18H20N4O3/c1-12(11-23)22-9-8-20-18(22)13-4-5-15(24-2)14(10-13)17-19-7-6-16(21-17)25-3/h4-10,12,23H,11H2,1-3H3. The number of nitrogens with zero attached hydrogens (tertiary/aromatic N) is 4. The Bertz CT molecular complexity index is 863. The van der Waals surface area contributed by atoms with Crippen LogP contribution in [0.25, 0.3) is 22.8 Å². The van der Waals surface area contributed by atoms with E-state index in [1.807, 2.05) is 35.9 Å². The summed E-state index contributed by atoms with van der Waals surface area (Å²) < 4.78 is 12.6. The Morgan fingerprint density at radius 1 is 1.12 bits per heavy atom. The Hall–Kier alpha value is -2.93. The van der Waals surface area contributed by atoms with Gasteiger partial charge in [-0.1, -0.05) is 0 Å². The maximum absolute atomic E-state index is 9.45. The molecule has 0 fully saturated rings. The average Bonchev–Trinajstić information content (AvgIpc) is 3.16. The quantitative estimate of drug-likeness (QED) is 0.743. The molecular formula is C18H20N4O3. The minimum absolute atomic E-state index is 0.0331. The van der Waals surface area contributed by atoms with Crippen LogP contribution in [-0.2, 0) is 0 Å². The Kier molecular flexibility index (Phi) is 4.95. The van der Waals surface area contributed by atoms with Gasteiger partial charge in [-0.25, -0.2) is 9.97 Å². The smallest absolute Gasteiger partial charge is 0.216 e. The molecular weight excluding hydrogens is 320 g/mol. The van der Waals surface area contributed by atoms with Crippen LogP contribution in [0.3, 0.4) is 0 Å². The van der Waals surface area contributed by atoms with Crippen LogP contribution in [0.5, 0.6) is 11.6 Å². The fourth-order valence-electron chi connectivity index (χ4n) is 2.59. The van der Waals surface area contributed by atoms with E-state index in [0.717, 1.165) is 17.0 Å². The van der Waals surface area contributed by atoms with E-state index in [1.165, 1.54) is 0 Å². The van der Waals surface area contributed by atoms with Crippen molar-refractivity contribution in [2.45, 2.75) is 13.0 Å². The lowest BCUT2D eigenvalue weighted by molar-refractivity contribution is 0.240. The highest BCUT2D eigenvalue weighted by atomic mass is 16.5. The first-order valence-electron chi connectivity index (χ1n) is 7.87. The van der Waals surface area contributed by atoms with E-state index in [4.69, 9.17) is 9.47 Å². The van der Waals surface area contributed by atoms with Gasteiger partial charge >= 0.3 is 0 Å². The summed E-state index contributed by atoms with van der Waals surface area (Å²) in [6.07, 6.45) is 5.21. The number of aromatic nitrogens is 4. The van der Waals surface area contributed by atoms with Gasteiger partial charge in [-0.15, -0.1) is 0 Å². The molecule has 0 aliphatic rings. The summed E-state index contributed by atoms with van der Waals surface area (Å²) in [5.74, 6) is 2.40. The molecule has 25 heavy (non-hydrogen) atoms. The molecule has 1 atom stereocenters. The zero-order valence-electron chi connectivity index (χ0n) is 14.4. The second kappa shape index (κ2) is 7.31. The third-order valence-electron chi connectivity index (χ3n) is 3.95. The number of aliphatic hydroxyl groups excluding tert-OH is 1. The molecule has 0 aliphatic heterocycles. The van der Waals surface area contributed by atoms with Crippen LogP contribution in [0.15, 0.2) is 42.9 Å². The first-order chi connectivity index (χ1) is 12.2. The van der Waals surface area contributed by atoms with Crippen LogP contribution in [0.1, 0.15) is 13.0 Å². The van der Waals surface area contributed by atoms with Crippen molar-refractivity contribution < 1.29 is 14.6 Å². The molecule has 0 bridgehead atoms. The van der Waals surface area contributed by atoms with E-state index in [0.29, 0.717) is 17.5 Å². The normalized spacial score (nSPS) is 12.0. The molecule has 0 saturated carbocycles. The van der Waals surface area contributed by atoms with Crippen molar-refractivity contribution in [3.8, 4) is 34.4 Å². The van der Waals surface area contributed by atoms with Crippen molar-refractivity contribution in [3.63, 3.8) is 0 Å². The lowest BCUT2D eigenvalue weighted by Crippen LogP contribution is -2.09. The van der Waals surface area contributed by atoms with Gasteiger partial charge in [0.1, 0.15) is 11.6 Å². The summed E-state index contributed by atoms with van der Waals surface area (Å²) >= 11 is 0. The Balaban J connectivity index is 2.11. The molecule has 1 N–H and O–H groups in total. The Morgan fingerprint density at radius 3 is 2.68 bits per heavy atom. The van der Waals surface area contributed by atoms with Gasteiger partial charge < -0.3 is 19.1 Å². The molecule has 0 aliphatic carbocycles. The molecule has 2 aromatic heterocycles. The van der Waals surface area contributed by atoms with E-state index < -0.39 is 0 Å². The predicted molar refractivity (Wildman–Crippen MR) is 93.6 cm³/mol. The van der Waals surface area contributed by atoms with Crippen molar-refractivity contribution >= 4 is 0 Å². The van der Waals surface area contributed by atoms with Gasteiger partial charge in [0, 0.05) is 30.2 Å². The fourth-order valence-corrected chi connectivity index (χ4v) is 2.59. The minimum Gasteiger partial charge on any atom is -0.496 e. The topological polar surface area (TPSA) is 82.3 Å². The fraction of sp³-hybridized carbons (Fsp3) is 0.278. The first-order valence-corrected chi connectivity index (χ1v) is 7.87. The van der Waals surface area contributed by atoms with Crippen molar-refractivity contribution in [2.75, 3.05) is 20.8 Å². The van der Waals surface area contributed by atoms with Crippen LogP contribution in [-0.4, -0.2) is 45.5 Å². The third kappa shape index (κ3) is 3.32. The van der Waals surface area contributed by atoms with Gasteiger partial charge in [0.15, 0.2) is 5.82 Å². The molecule has 0 saturated heterocycles. The van der Waals surface area contributed by atoms with Crippen molar-refractivity contribution in [3.05, 3.63) is 42.9 Å². The lowest BCUT2D eigenvalue weighted by atomic mass is 10.1. The highest BCUT2D eigenvalue weighted by Gasteiger charge is 2.16. The minimum atomic E-state index is -0.0730. The van der Waals surface area contributed by atoms with Crippen LogP contribution in [0.2, 0.25) is 0 Å². The number of rotatable bonds is 6. The third-order valence-corrected chi connectivity index (χ3v) is 3.95. The highest BCUT2D eigenvalue weighted by Crippen LogP contribution is 2.33. The number of hydrogen-bond acceptors (Lipinski definition) is 6. The summed E-state index contributed by atoms with van der Waals surface area (Å²) in [4.78, 5) is 13.1. The molecule has 1 aromatic carbocycles. The van der Waals surface area contributed by atoms with E-state index in [9.17, 15) is 5.11 Å². The zero-order valence-corrected chi connectivity index (χ0v) is 14.4. The van der Waals surface area contributed by atoms with E-state index in [1.54, 1.807) is 32.7 Å². The van der Waals surface area contributed by atoms with Crippen molar-refractivity contribution in [1.82, 2.24) is 19.5 Å². The largest absolute Gasteiger partial charge is 0.496 e. The number of hydrogen-bond donors (Lipinski definition) is 1. The van der Waals surface area contributed by atoms with Crippen molar-refractivity contribution in [2.24, 2.45) is 0 Å². The number of aliphatic hydroxyl groups is 1. The van der Waals surface area contributed by atoms with Crippen LogP contribution < -0.4 is 9.47 Å². The molecule has 0 spiro atoms. The monoisotopic (exact) mass is 340 g/mol. The number of ether oxygens (including phenoxy) is 2. The Labute approximate surface area is 145 Å². The molecule has 0 radical (unpaired) electrons. The molecule has 7 nitrogen and oxygen atoms in total. The highest BCUT2D eigenvalue weighted by molar-refractivity contribution is 5.72. The van der Waals surface area contributed by atoms with Crippen LogP contribution >= 0.6 is 0 Å². The molecule has 3 aromatic rings. The Morgan fingerprint density at radius 2 is 1.96 bits per heavy atom. The SMILES string of the molecule is COc1ccnc(-c2cc(-c3nccn3C(C)CO)ccc2OC)n1. The second-order valence-corrected chi connectivity index (χ2v) is 5.53. The molecule has 3 rings (SSSR count). The van der Waals surface area contributed by atoms with Crippen LogP contribution in [0.4, 0.5) is 0 Å². The number of imidazole rings is 1. The lowest BCUT2D eigenvalue weighted by Gasteiger charge is -2.15. The summed E-state index contributed by atoms with van der Waals surface area (Å²) in [5.41, 5.74) is 1.62. The van der Waals surface area contributed by atoms with Gasteiger partial charge in [-0.2, -0.15) is 4.98 Å². The second-order valence-electron chi connectivity index (χ2n) is 5.53. The molecule has 1 unspecified atom stereocenters. The van der Waals surface area contributed by atoms with Gasteiger partial charge in [-0.3, -0.25) is 0 Å².